The first-order valence-corrected chi connectivity index (χ1v) is 8.70. The molecule has 0 bridgehead atoms. The van der Waals surface area contributed by atoms with E-state index in [9.17, 15) is 0 Å². The minimum atomic E-state index is 0.861. The van der Waals surface area contributed by atoms with E-state index in [1.165, 1.54) is 77.4 Å². The van der Waals surface area contributed by atoms with Gasteiger partial charge < -0.3 is 10.6 Å². The molecule has 0 amide bonds. The second-order valence-corrected chi connectivity index (χ2v) is 5.92. The monoisotopic (exact) mass is 270 g/mol. The van der Waals surface area contributed by atoms with E-state index in [4.69, 9.17) is 5.73 Å². The maximum Gasteiger partial charge on any atom is -0.00186 e. The predicted octanol–water partition coefficient (Wildman–Crippen LogP) is 4.43. The first-order chi connectivity index (χ1) is 9.28. The minimum absolute atomic E-state index is 0.861. The first kappa shape index (κ1) is 18.9. The van der Waals surface area contributed by atoms with Crippen molar-refractivity contribution in [1.29, 1.82) is 0 Å². The summed E-state index contributed by atoms with van der Waals surface area (Å²) in [5, 5.41) is 0. The van der Waals surface area contributed by atoms with Gasteiger partial charge in [0.1, 0.15) is 0 Å². The van der Waals surface area contributed by atoms with Crippen LogP contribution in [0.1, 0.15) is 78.6 Å². The highest BCUT2D eigenvalue weighted by Crippen LogP contribution is 2.17. The van der Waals surface area contributed by atoms with Crippen LogP contribution in [0.2, 0.25) is 0 Å². The summed E-state index contributed by atoms with van der Waals surface area (Å²) in [6, 6.07) is 0. The summed E-state index contributed by atoms with van der Waals surface area (Å²) in [6.07, 6.45) is 12.0. The zero-order chi connectivity index (χ0) is 14.3. The van der Waals surface area contributed by atoms with Gasteiger partial charge in [0.05, 0.1) is 0 Å². The average molecular weight is 271 g/mol. The molecule has 0 aromatic rings. The number of hydrogen-bond acceptors (Lipinski definition) is 2. The fourth-order valence-electron chi connectivity index (χ4n) is 2.78. The van der Waals surface area contributed by atoms with E-state index in [1.807, 2.05) is 0 Å². The van der Waals surface area contributed by atoms with Crippen LogP contribution >= 0.6 is 0 Å². The molecule has 116 valence electrons. The van der Waals surface area contributed by atoms with E-state index < -0.39 is 0 Å². The van der Waals surface area contributed by atoms with Crippen molar-refractivity contribution in [2.45, 2.75) is 78.6 Å². The van der Waals surface area contributed by atoms with Gasteiger partial charge in [0, 0.05) is 0 Å². The average Bonchev–Trinajstić information content (AvgIpc) is 2.41. The summed E-state index contributed by atoms with van der Waals surface area (Å²) in [5.74, 6) is 0.870. The first-order valence-electron chi connectivity index (χ1n) is 8.70. The number of rotatable bonds is 14. The molecule has 1 atom stereocenters. The third-order valence-electron chi connectivity index (χ3n) is 4.01. The summed E-state index contributed by atoms with van der Waals surface area (Å²) in [5.41, 5.74) is 5.71. The van der Waals surface area contributed by atoms with E-state index >= 15 is 0 Å². The van der Waals surface area contributed by atoms with Gasteiger partial charge in [-0.3, -0.25) is 0 Å². The lowest BCUT2D eigenvalue weighted by Gasteiger charge is -2.23. The fourth-order valence-corrected chi connectivity index (χ4v) is 2.78. The summed E-state index contributed by atoms with van der Waals surface area (Å²) < 4.78 is 0. The molecule has 0 rings (SSSR count). The lowest BCUT2D eigenvalue weighted by Crippen LogP contribution is -2.27. The molecule has 0 aliphatic carbocycles. The molecule has 0 aromatic carbocycles. The van der Waals surface area contributed by atoms with Crippen LogP contribution in [0.25, 0.3) is 0 Å². The van der Waals surface area contributed by atoms with Gasteiger partial charge >= 0.3 is 0 Å². The Morgan fingerprint density at radius 3 is 1.79 bits per heavy atom. The Hall–Kier alpha value is -0.0800. The Bertz CT molecular complexity index is 157. The van der Waals surface area contributed by atoms with Crippen molar-refractivity contribution < 1.29 is 0 Å². The normalized spacial score (nSPS) is 13.1. The molecular formula is C17H38N2. The van der Waals surface area contributed by atoms with Crippen LogP contribution in [0.4, 0.5) is 0 Å². The van der Waals surface area contributed by atoms with Crippen molar-refractivity contribution in [3.05, 3.63) is 0 Å². The second kappa shape index (κ2) is 14.3. The number of unbranched alkanes of at least 4 members (excludes halogenated alkanes) is 2. The Morgan fingerprint density at radius 2 is 1.32 bits per heavy atom. The van der Waals surface area contributed by atoms with Gasteiger partial charge in [-0.15, -0.1) is 0 Å². The Balaban J connectivity index is 3.85. The molecule has 0 radical (unpaired) electrons. The van der Waals surface area contributed by atoms with Crippen molar-refractivity contribution >= 4 is 0 Å². The molecule has 2 nitrogen and oxygen atoms in total. The highest BCUT2D eigenvalue weighted by molar-refractivity contribution is 4.63. The van der Waals surface area contributed by atoms with Gasteiger partial charge in [-0.05, 0) is 64.2 Å². The molecule has 0 spiro atoms. The van der Waals surface area contributed by atoms with Gasteiger partial charge in [-0.1, -0.05) is 46.5 Å². The number of nitrogens with two attached hydrogens (primary N) is 1. The van der Waals surface area contributed by atoms with Crippen molar-refractivity contribution in [3.8, 4) is 0 Å². The van der Waals surface area contributed by atoms with Crippen molar-refractivity contribution in [2.24, 2.45) is 11.7 Å². The SMILES string of the molecule is CCCCN(CCCC)CCCC(CCC)CCN. The molecule has 19 heavy (non-hydrogen) atoms. The molecule has 0 saturated heterocycles. The molecule has 0 aromatic heterocycles. The van der Waals surface area contributed by atoms with E-state index in [2.05, 4.69) is 25.7 Å². The van der Waals surface area contributed by atoms with E-state index in [-0.39, 0.29) is 0 Å². The fraction of sp³-hybridized carbons (Fsp3) is 1.00. The third-order valence-corrected chi connectivity index (χ3v) is 4.01. The zero-order valence-electron chi connectivity index (χ0n) is 13.8. The molecule has 2 heteroatoms. The summed E-state index contributed by atoms with van der Waals surface area (Å²) in [4.78, 5) is 2.68. The van der Waals surface area contributed by atoms with Crippen molar-refractivity contribution in [2.75, 3.05) is 26.2 Å². The number of hydrogen-bond donors (Lipinski definition) is 1. The van der Waals surface area contributed by atoms with Crippen LogP contribution in [0, 0.1) is 5.92 Å². The van der Waals surface area contributed by atoms with Crippen LogP contribution in [-0.4, -0.2) is 31.1 Å². The van der Waals surface area contributed by atoms with Crippen molar-refractivity contribution in [3.63, 3.8) is 0 Å². The van der Waals surface area contributed by atoms with Crippen LogP contribution in [0.5, 0.6) is 0 Å². The van der Waals surface area contributed by atoms with Gasteiger partial charge in [-0.25, -0.2) is 0 Å². The lowest BCUT2D eigenvalue weighted by atomic mass is 9.94. The minimum Gasteiger partial charge on any atom is -0.330 e. The van der Waals surface area contributed by atoms with Gasteiger partial charge in [0.25, 0.3) is 0 Å². The van der Waals surface area contributed by atoms with Gasteiger partial charge in [-0.2, -0.15) is 0 Å². The summed E-state index contributed by atoms with van der Waals surface area (Å²) in [7, 11) is 0. The summed E-state index contributed by atoms with van der Waals surface area (Å²) in [6.45, 7) is 11.6. The molecule has 0 fully saturated rings. The molecular weight excluding hydrogens is 232 g/mol. The lowest BCUT2D eigenvalue weighted by molar-refractivity contribution is 0.249. The topological polar surface area (TPSA) is 29.3 Å². The Morgan fingerprint density at radius 1 is 0.737 bits per heavy atom. The van der Waals surface area contributed by atoms with Gasteiger partial charge in [0.2, 0.25) is 0 Å². The number of nitrogens with zero attached hydrogens (tertiary/aromatic N) is 1. The quantitative estimate of drug-likeness (QED) is 0.506. The molecule has 2 N–H and O–H groups in total. The molecule has 0 aliphatic heterocycles. The van der Waals surface area contributed by atoms with Crippen LogP contribution < -0.4 is 5.73 Å². The Labute approximate surface area is 122 Å². The van der Waals surface area contributed by atoms with E-state index in [0.29, 0.717) is 0 Å². The molecule has 0 saturated carbocycles. The largest absolute Gasteiger partial charge is 0.330 e. The van der Waals surface area contributed by atoms with Gasteiger partial charge in [0.15, 0.2) is 0 Å². The second-order valence-electron chi connectivity index (χ2n) is 5.92. The van der Waals surface area contributed by atoms with Crippen LogP contribution in [-0.2, 0) is 0 Å². The third kappa shape index (κ3) is 11.4. The highest BCUT2D eigenvalue weighted by atomic mass is 15.1. The smallest absolute Gasteiger partial charge is 0.00186 e. The van der Waals surface area contributed by atoms with E-state index in [1.54, 1.807) is 0 Å². The molecule has 0 heterocycles. The van der Waals surface area contributed by atoms with Crippen LogP contribution in [0.3, 0.4) is 0 Å². The predicted molar refractivity (Wildman–Crippen MR) is 87.6 cm³/mol. The zero-order valence-corrected chi connectivity index (χ0v) is 13.8. The maximum atomic E-state index is 5.71. The Kier molecular flexibility index (Phi) is 14.3. The van der Waals surface area contributed by atoms with Crippen LogP contribution in [0.15, 0.2) is 0 Å². The standard InChI is InChI=1S/C17H38N2/c1-4-7-14-19(15-8-5-2)16-9-11-17(10-6-3)12-13-18/h17H,4-16,18H2,1-3H3. The van der Waals surface area contributed by atoms with Crippen molar-refractivity contribution in [1.82, 2.24) is 4.90 Å². The highest BCUT2D eigenvalue weighted by Gasteiger charge is 2.09. The van der Waals surface area contributed by atoms with E-state index in [0.717, 1.165) is 12.5 Å². The molecule has 0 aliphatic rings. The summed E-state index contributed by atoms with van der Waals surface area (Å²) >= 11 is 0. The maximum absolute atomic E-state index is 5.71. The molecule has 1 unspecified atom stereocenters.